The van der Waals surface area contributed by atoms with Gasteiger partial charge in [-0.15, -0.1) is 11.3 Å². The van der Waals surface area contributed by atoms with E-state index in [1.165, 1.54) is 11.3 Å². The van der Waals surface area contributed by atoms with Crippen LogP contribution in [-0.4, -0.2) is 34.2 Å². The number of nitrogens with one attached hydrogen (secondary N) is 1. The zero-order valence-corrected chi connectivity index (χ0v) is 13.3. The number of nitrogens with zero attached hydrogens (tertiary/aromatic N) is 1. The van der Waals surface area contributed by atoms with Gasteiger partial charge in [0.15, 0.2) is 5.13 Å². The third kappa shape index (κ3) is 2.51. The highest BCUT2D eigenvalue weighted by Gasteiger charge is 2.53. The molecule has 6 nitrogen and oxygen atoms in total. The van der Waals surface area contributed by atoms with E-state index >= 15 is 0 Å². The Morgan fingerprint density at radius 2 is 1.83 bits per heavy atom. The average molecular weight is 342 g/mol. The number of carbonyl (C=O) groups excluding carboxylic acids is 1. The van der Waals surface area contributed by atoms with Crippen LogP contribution >= 0.6 is 11.3 Å². The van der Waals surface area contributed by atoms with Crippen molar-refractivity contribution in [2.45, 2.75) is 12.2 Å². The van der Waals surface area contributed by atoms with Crippen LogP contribution in [0.1, 0.15) is 0 Å². The van der Waals surface area contributed by atoms with Gasteiger partial charge in [0, 0.05) is 10.9 Å². The molecule has 0 aliphatic carbocycles. The molecule has 1 aromatic carbocycles. The summed E-state index contributed by atoms with van der Waals surface area (Å²) in [7, 11) is 0. The maximum atomic E-state index is 12.5. The molecule has 3 heterocycles. The van der Waals surface area contributed by atoms with Crippen molar-refractivity contribution in [2.24, 2.45) is 11.8 Å². The van der Waals surface area contributed by atoms with Gasteiger partial charge in [-0.3, -0.25) is 9.59 Å². The number of hydrogen-bond donors (Lipinski definition) is 2. The molecule has 0 spiro atoms. The number of hydrogen-bond acceptors (Lipinski definition) is 5. The van der Waals surface area contributed by atoms with Crippen molar-refractivity contribution in [1.82, 2.24) is 4.98 Å². The van der Waals surface area contributed by atoms with Gasteiger partial charge < -0.3 is 15.2 Å². The Morgan fingerprint density at radius 1 is 1.12 bits per heavy atom. The van der Waals surface area contributed by atoms with Gasteiger partial charge in [-0.05, 0) is 0 Å². The highest BCUT2D eigenvalue weighted by molar-refractivity contribution is 7.14. The molecule has 0 unspecified atom stereocenters. The Balaban J connectivity index is 1.52. The number of anilines is 1. The topological polar surface area (TPSA) is 88.5 Å². The standard InChI is InChI=1S/C17H14N2O4S/c20-15(13-11-6-7-12(23-11)14(13)16(21)22)19-17-18-10(8-24-17)9-4-2-1-3-5-9/h1-8,11-14H,(H,21,22)(H,18,19,20)/t11-,12-,13-,14+/m1/s1. The summed E-state index contributed by atoms with van der Waals surface area (Å²) >= 11 is 1.31. The van der Waals surface area contributed by atoms with E-state index in [2.05, 4.69) is 10.3 Å². The molecule has 2 aliphatic rings. The summed E-state index contributed by atoms with van der Waals surface area (Å²) in [4.78, 5) is 28.4. The first-order chi connectivity index (χ1) is 11.6. The van der Waals surface area contributed by atoms with Crippen LogP contribution in [0.2, 0.25) is 0 Å². The number of thiazole rings is 1. The van der Waals surface area contributed by atoms with Gasteiger partial charge in [-0.1, -0.05) is 42.5 Å². The van der Waals surface area contributed by atoms with Crippen LogP contribution in [0.3, 0.4) is 0 Å². The second-order valence-electron chi connectivity index (χ2n) is 5.73. The Labute approximate surface area is 141 Å². The molecule has 2 aliphatic heterocycles. The molecule has 7 heteroatoms. The number of benzene rings is 1. The number of carbonyl (C=O) groups is 2. The normalized spacial score (nSPS) is 27.3. The van der Waals surface area contributed by atoms with E-state index in [4.69, 9.17) is 4.74 Å². The van der Waals surface area contributed by atoms with Crippen molar-refractivity contribution in [3.05, 3.63) is 47.9 Å². The Bertz CT molecular complexity index is 817. The largest absolute Gasteiger partial charge is 0.481 e. The lowest BCUT2D eigenvalue weighted by Crippen LogP contribution is -2.39. The molecule has 1 aromatic heterocycles. The van der Waals surface area contributed by atoms with Gasteiger partial charge in [0.05, 0.1) is 23.8 Å². The molecule has 2 bridgehead atoms. The summed E-state index contributed by atoms with van der Waals surface area (Å²) in [6.07, 6.45) is 2.46. The van der Waals surface area contributed by atoms with E-state index in [0.29, 0.717) is 5.13 Å². The smallest absolute Gasteiger partial charge is 0.310 e. The monoisotopic (exact) mass is 342 g/mol. The highest BCUT2D eigenvalue weighted by atomic mass is 32.1. The van der Waals surface area contributed by atoms with Crippen LogP contribution in [0.5, 0.6) is 0 Å². The summed E-state index contributed by atoms with van der Waals surface area (Å²) in [5.41, 5.74) is 1.73. The van der Waals surface area contributed by atoms with E-state index in [0.717, 1.165) is 11.3 Å². The third-order valence-corrected chi connectivity index (χ3v) is 5.05. The highest BCUT2D eigenvalue weighted by Crippen LogP contribution is 2.40. The predicted molar refractivity (Wildman–Crippen MR) is 88.6 cm³/mol. The Kier molecular flexibility index (Phi) is 3.66. The van der Waals surface area contributed by atoms with Crippen LogP contribution in [0.15, 0.2) is 47.9 Å². The fourth-order valence-electron chi connectivity index (χ4n) is 3.18. The van der Waals surface area contributed by atoms with Crippen molar-refractivity contribution < 1.29 is 19.4 Å². The molecule has 24 heavy (non-hydrogen) atoms. The summed E-state index contributed by atoms with van der Waals surface area (Å²) in [5.74, 6) is -2.97. The van der Waals surface area contributed by atoms with Crippen molar-refractivity contribution in [3.8, 4) is 11.3 Å². The second-order valence-corrected chi connectivity index (χ2v) is 6.59. The minimum absolute atomic E-state index is 0.367. The predicted octanol–water partition coefficient (Wildman–Crippen LogP) is 2.40. The third-order valence-electron chi connectivity index (χ3n) is 4.29. The molecule has 0 radical (unpaired) electrons. The number of aliphatic carboxylic acids is 1. The number of amides is 1. The summed E-state index contributed by atoms with van der Waals surface area (Å²) in [5, 5.41) is 14.4. The van der Waals surface area contributed by atoms with Crippen LogP contribution in [0.4, 0.5) is 5.13 Å². The summed E-state index contributed by atoms with van der Waals surface area (Å²) < 4.78 is 5.52. The number of ether oxygens (including phenoxy) is 1. The molecule has 4 atom stereocenters. The van der Waals surface area contributed by atoms with Crippen LogP contribution in [0, 0.1) is 11.8 Å². The average Bonchev–Trinajstić information content (AvgIpc) is 3.30. The van der Waals surface area contributed by atoms with E-state index < -0.39 is 30.0 Å². The van der Waals surface area contributed by atoms with E-state index in [9.17, 15) is 14.7 Å². The molecule has 122 valence electrons. The van der Waals surface area contributed by atoms with E-state index in [1.807, 2.05) is 35.7 Å². The molecule has 2 N–H and O–H groups in total. The quantitative estimate of drug-likeness (QED) is 0.833. The van der Waals surface area contributed by atoms with Gasteiger partial charge in [0.2, 0.25) is 5.91 Å². The van der Waals surface area contributed by atoms with Gasteiger partial charge in [-0.2, -0.15) is 0 Å². The van der Waals surface area contributed by atoms with Crippen molar-refractivity contribution in [1.29, 1.82) is 0 Å². The van der Waals surface area contributed by atoms with Gasteiger partial charge in [0.25, 0.3) is 0 Å². The van der Waals surface area contributed by atoms with Crippen LogP contribution in [-0.2, 0) is 14.3 Å². The Hall–Kier alpha value is -2.51. The van der Waals surface area contributed by atoms with Crippen LogP contribution in [0.25, 0.3) is 11.3 Å². The lowest BCUT2D eigenvalue weighted by atomic mass is 9.82. The zero-order valence-electron chi connectivity index (χ0n) is 12.5. The number of carboxylic acid groups (broad SMARTS) is 1. The fraction of sp³-hybridized carbons (Fsp3) is 0.235. The van der Waals surface area contributed by atoms with Gasteiger partial charge >= 0.3 is 5.97 Å². The van der Waals surface area contributed by atoms with Crippen molar-refractivity contribution >= 4 is 28.3 Å². The minimum atomic E-state index is -1.02. The van der Waals surface area contributed by atoms with Gasteiger partial charge in [0.1, 0.15) is 5.92 Å². The first-order valence-corrected chi connectivity index (χ1v) is 8.40. The summed E-state index contributed by atoms with van der Waals surface area (Å²) in [6.45, 7) is 0. The fourth-order valence-corrected chi connectivity index (χ4v) is 3.90. The molecule has 4 rings (SSSR count). The van der Waals surface area contributed by atoms with E-state index in [1.54, 1.807) is 12.2 Å². The zero-order chi connectivity index (χ0) is 16.7. The molecular formula is C17H14N2O4S. The second kappa shape index (κ2) is 5.85. The Morgan fingerprint density at radius 3 is 2.54 bits per heavy atom. The summed E-state index contributed by atoms with van der Waals surface area (Å²) in [6, 6.07) is 9.64. The van der Waals surface area contributed by atoms with Crippen LogP contribution < -0.4 is 5.32 Å². The molecule has 0 saturated carbocycles. The molecule has 1 fully saturated rings. The molecule has 1 saturated heterocycles. The van der Waals surface area contributed by atoms with Crippen molar-refractivity contribution in [3.63, 3.8) is 0 Å². The van der Waals surface area contributed by atoms with Gasteiger partial charge in [-0.25, -0.2) is 4.98 Å². The number of fused-ring (bicyclic) bond motifs is 2. The first kappa shape index (κ1) is 15.0. The molecule has 1 amide bonds. The number of rotatable bonds is 4. The van der Waals surface area contributed by atoms with E-state index in [-0.39, 0.29) is 5.91 Å². The lowest BCUT2D eigenvalue weighted by molar-refractivity contribution is -0.145. The SMILES string of the molecule is O=C(O)[C@@H]1[C@H](C(=O)Nc2nc(-c3ccccc3)cs2)[C@H]2C=C[C@H]1O2. The lowest BCUT2D eigenvalue weighted by Gasteiger charge is -2.20. The number of aromatic nitrogens is 1. The number of carboxylic acids is 1. The van der Waals surface area contributed by atoms with Crippen molar-refractivity contribution in [2.75, 3.05) is 5.32 Å². The first-order valence-electron chi connectivity index (χ1n) is 7.52. The molecule has 2 aromatic rings. The molecular weight excluding hydrogens is 328 g/mol. The maximum Gasteiger partial charge on any atom is 0.310 e. The minimum Gasteiger partial charge on any atom is -0.481 e. The maximum absolute atomic E-state index is 12.5.